The topological polar surface area (TPSA) is 88.8 Å². The smallest absolute Gasteiger partial charge is 0.349 e. The van der Waals surface area contributed by atoms with Crippen LogP contribution in [0.2, 0.25) is 0 Å². The van der Waals surface area contributed by atoms with E-state index in [0.29, 0.717) is 28.1 Å². The minimum atomic E-state index is -0.751. The Morgan fingerprint density at radius 1 is 1.03 bits per heavy atom. The normalized spacial score (nSPS) is 15.1. The predicted molar refractivity (Wildman–Crippen MR) is 125 cm³/mol. The van der Waals surface area contributed by atoms with Crippen LogP contribution in [0.1, 0.15) is 22.8 Å². The van der Waals surface area contributed by atoms with E-state index in [2.05, 4.69) is 5.32 Å². The van der Waals surface area contributed by atoms with E-state index in [9.17, 15) is 18.8 Å². The second-order valence-electron chi connectivity index (χ2n) is 7.93. The standard InChI is InChI=1S/C26H19FN2O5/c1-15-25(31)29(14-16-6-8-18(27)9-7-16)21-13-19(10-11-23(21)33-15)28-24(30)20-12-17-4-2-3-5-22(17)34-26(20)32/h2-13,15H,14H2,1H3,(H,28,30). The zero-order valence-electron chi connectivity index (χ0n) is 18.1. The molecule has 1 aliphatic rings. The first-order valence-electron chi connectivity index (χ1n) is 10.6. The SMILES string of the molecule is CC1Oc2ccc(NC(=O)c3cc4ccccc4oc3=O)cc2N(Cc2ccc(F)cc2)C1=O. The van der Waals surface area contributed by atoms with Crippen LogP contribution in [-0.4, -0.2) is 17.9 Å². The largest absolute Gasteiger partial charge is 0.479 e. The summed E-state index contributed by atoms with van der Waals surface area (Å²) in [6.45, 7) is 1.85. The van der Waals surface area contributed by atoms with Crippen molar-refractivity contribution in [3.8, 4) is 5.75 Å². The average molecular weight is 458 g/mol. The lowest BCUT2D eigenvalue weighted by molar-refractivity contribution is -0.125. The second-order valence-corrected chi connectivity index (χ2v) is 7.93. The van der Waals surface area contributed by atoms with Gasteiger partial charge < -0.3 is 19.4 Å². The number of carbonyl (C=O) groups excluding carboxylic acids is 2. The summed E-state index contributed by atoms with van der Waals surface area (Å²) in [5, 5.41) is 3.31. The number of amides is 2. The van der Waals surface area contributed by atoms with E-state index in [4.69, 9.17) is 9.15 Å². The molecule has 34 heavy (non-hydrogen) atoms. The van der Waals surface area contributed by atoms with E-state index >= 15 is 0 Å². The molecule has 1 aliphatic heterocycles. The van der Waals surface area contributed by atoms with Gasteiger partial charge in [-0.25, -0.2) is 9.18 Å². The van der Waals surface area contributed by atoms with Crippen molar-refractivity contribution >= 4 is 34.2 Å². The average Bonchev–Trinajstić information content (AvgIpc) is 2.83. The Hall–Kier alpha value is -4.46. The number of fused-ring (bicyclic) bond motifs is 2. The summed E-state index contributed by atoms with van der Waals surface area (Å²) in [7, 11) is 0. The number of carbonyl (C=O) groups is 2. The lowest BCUT2D eigenvalue weighted by atomic mass is 10.1. The van der Waals surface area contributed by atoms with Crippen molar-refractivity contribution in [2.24, 2.45) is 0 Å². The maximum atomic E-state index is 13.3. The van der Waals surface area contributed by atoms with Gasteiger partial charge in [-0.05, 0) is 55.0 Å². The van der Waals surface area contributed by atoms with Crippen LogP contribution in [-0.2, 0) is 11.3 Å². The number of benzene rings is 3. The highest BCUT2D eigenvalue weighted by Crippen LogP contribution is 2.37. The van der Waals surface area contributed by atoms with Crippen molar-refractivity contribution in [1.82, 2.24) is 0 Å². The first-order chi connectivity index (χ1) is 16.4. The molecule has 170 valence electrons. The van der Waals surface area contributed by atoms with E-state index in [1.807, 2.05) is 0 Å². The van der Waals surface area contributed by atoms with E-state index in [1.54, 1.807) is 61.5 Å². The van der Waals surface area contributed by atoms with Crippen LogP contribution in [0.25, 0.3) is 11.0 Å². The first kappa shape index (κ1) is 21.4. The van der Waals surface area contributed by atoms with Gasteiger partial charge in [0.1, 0.15) is 22.7 Å². The Kier molecular flexibility index (Phi) is 5.33. The molecular formula is C26H19FN2O5. The van der Waals surface area contributed by atoms with Gasteiger partial charge in [-0.3, -0.25) is 9.59 Å². The Morgan fingerprint density at radius 2 is 1.79 bits per heavy atom. The molecule has 7 nitrogen and oxygen atoms in total. The van der Waals surface area contributed by atoms with Crippen molar-refractivity contribution in [2.45, 2.75) is 19.6 Å². The van der Waals surface area contributed by atoms with Crippen molar-refractivity contribution in [3.05, 3.63) is 100 Å². The lowest BCUT2D eigenvalue weighted by Crippen LogP contribution is -2.44. The Labute approximate surface area is 193 Å². The third-order valence-corrected chi connectivity index (χ3v) is 5.57. The number of rotatable bonds is 4. The summed E-state index contributed by atoms with van der Waals surface area (Å²) in [6, 6.07) is 19.1. The molecule has 1 unspecified atom stereocenters. The summed E-state index contributed by atoms with van der Waals surface area (Å²) in [5.41, 5.74) is 1.05. The fraction of sp³-hybridized carbons (Fsp3) is 0.115. The molecule has 1 N–H and O–H groups in total. The van der Waals surface area contributed by atoms with Gasteiger partial charge >= 0.3 is 5.63 Å². The van der Waals surface area contributed by atoms with Crippen LogP contribution in [0.3, 0.4) is 0 Å². The van der Waals surface area contributed by atoms with Crippen molar-refractivity contribution < 1.29 is 23.1 Å². The third-order valence-electron chi connectivity index (χ3n) is 5.57. The van der Waals surface area contributed by atoms with E-state index in [-0.39, 0.29) is 23.8 Å². The number of ether oxygens (including phenoxy) is 1. The first-order valence-corrected chi connectivity index (χ1v) is 10.6. The Morgan fingerprint density at radius 3 is 2.59 bits per heavy atom. The molecule has 5 rings (SSSR count). The highest BCUT2D eigenvalue weighted by molar-refractivity contribution is 6.06. The van der Waals surface area contributed by atoms with Crippen LogP contribution < -0.4 is 20.6 Å². The quantitative estimate of drug-likeness (QED) is 0.455. The van der Waals surface area contributed by atoms with Gasteiger partial charge in [0, 0.05) is 11.1 Å². The predicted octanol–water partition coefficient (Wildman–Crippen LogP) is 4.50. The molecule has 0 saturated heterocycles. The molecule has 1 atom stereocenters. The van der Waals surface area contributed by atoms with E-state index < -0.39 is 17.6 Å². The van der Waals surface area contributed by atoms with Gasteiger partial charge in [-0.2, -0.15) is 0 Å². The van der Waals surface area contributed by atoms with Crippen LogP contribution in [0, 0.1) is 5.82 Å². The number of halogens is 1. The third kappa shape index (κ3) is 4.01. The maximum Gasteiger partial charge on any atom is 0.349 e. The van der Waals surface area contributed by atoms with Crippen LogP contribution in [0.5, 0.6) is 5.75 Å². The second kappa shape index (κ2) is 8.47. The molecule has 0 fully saturated rings. The minimum Gasteiger partial charge on any atom is -0.479 e. The fourth-order valence-electron chi connectivity index (χ4n) is 3.84. The molecule has 3 aromatic carbocycles. The van der Waals surface area contributed by atoms with Crippen molar-refractivity contribution in [1.29, 1.82) is 0 Å². The van der Waals surface area contributed by atoms with Crippen LogP contribution >= 0.6 is 0 Å². The molecule has 0 saturated carbocycles. The van der Waals surface area contributed by atoms with Gasteiger partial charge in [0.2, 0.25) is 0 Å². The summed E-state index contributed by atoms with van der Waals surface area (Å²) in [6.07, 6.45) is -0.698. The summed E-state index contributed by atoms with van der Waals surface area (Å²) in [5.74, 6) is -0.803. The lowest BCUT2D eigenvalue weighted by Gasteiger charge is -2.33. The minimum absolute atomic E-state index is 0.138. The highest BCUT2D eigenvalue weighted by atomic mass is 19.1. The van der Waals surface area contributed by atoms with Gasteiger partial charge in [0.05, 0.1) is 12.2 Å². The number of anilines is 2. The molecule has 0 radical (unpaired) electrons. The molecule has 8 heteroatoms. The van der Waals surface area contributed by atoms with Gasteiger partial charge in [0.15, 0.2) is 6.10 Å². The fourth-order valence-corrected chi connectivity index (χ4v) is 3.84. The molecule has 0 spiro atoms. The molecular weight excluding hydrogens is 439 g/mol. The van der Waals surface area contributed by atoms with Crippen LogP contribution in [0.15, 0.2) is 82.0 Å². The van der Waals surface area contributed by atoms with E-state index in [1.165, 1.54) is 23.1 Å². The number of nitrogens with zero attached hydrogens (tertiary/aromatic N) is 1. The molecule has 2 heterocycles. The maximum absolute atomic E-state index is 13.3. The molecule has 0 bridgehead atoms. The number of para-hydroxylation sites is 1. The number of hydrogen-bond donors (Lipinski definition) is 1. The van der Waals surface area contributed by atoms with Gasteiger partial charge in [-0.15, -0.1) is 0 Å². The Bertz CT molecular complexity index is 1480. The molecule has 2 amide bonds. The number of hydrogen-bond acceptors (Lipinski definition) is 5. The monoisotopic (exact) mass is 458 g/mol. The van der Waals surface area contributed by atoms with Crippen molar-refractivity contribution in [3.63, 3.8) is 0 Å². The zero-order chi connectivity index (χ0) is 23.8. The highest BCUT2D eigenvalue weighted by Gasteiger charge is 2.32. The van der Waals surface area contributed by atoms with Crippen LogP contribution in [0.4, 0.5) is 15.8 Å². The number of nitrogens with one attached hydrogen (secondary N) is 1. The molecule has 1 aromatic heterocycles. The van der Waals surface area contributed by atoms with Gasteiger partial charge in [-0.1, -0.05) is 30.3 Å². The molecule has 0 aliphatic carbocycles. The molecule has 4 aromatic rings. The summed E-state index contributed by atoms with van der Waals surface area (Å²) >= 11 is 0. The van der Waals surface area contributed by atoms with Gasteiger partial charge in [0.25, 0.3) is 11.8 Å². The summed E-state index contributed by atoms with van der Waals surface area (Å²) < 4.78 is 24.3. The van der Waals surface area contributed by atoms with E-state index in [0.717, 1.165) is 5.56 Å². The van der Waals surface area contributed by atoms with Crippen molar-refractivity contribution in [2.75, 3.05) is 10.2 Å². The summed E-state index contributed by atoms with van der Waals surface area (Å²) in [4.78, 5) is 39.6. The zero-order valence-corrected chi connectivity index (χ0v) is 18.1. The Balaban J connectivity index is 1.45.